The first-order chi connectivity index (χ1) is 11.9. The van der Waals surface area contributed by atoms with Crippen molar-refractivity contribution in [2.45, 2.75) is 44.7 Å². The predicted octanol–water partition coefficient (Wildman–Crippen LogP) is 0.895. The first-order valence-corrected chi connectivity index (χ1v) is 8.27. The quantitative estimate of drug-likeness (QED) is 0.406. The van der Waals surface area contributed by atoms with Gasteiger partial charge in [0.2, 0.25) is 5.96 Å². The highest BCUT2D eigenvalue weighted by atomic mass is 16.1. The monoisotopic (exact) mass is 343 g/mol. The van der Waals surface area contributed by atoms with E-state index in [0.29, 0.717) is 5.69 Å². The number of nitrogens with one attached hydrogen (secondary N) is 2. The molecule has 1 aromatic rings. The average molecular weight is 343 g/mol. The summed E-state index contributed by atoms with van der Waals surface area (Å²) in [6.45, 7) is 1.93. The van der Waals surface area contributed by atoms with Gasteiger partial charge in [-0.05, 0) is 37.5 Å². The fourth-order valence-electron chi connectivity index (χ4n) is 2.74. The Morgan fingerprint density at radius 3 is 2.64 bits per heavy atom. The lowest BCUT2D eigenvalue weighted by atomic mass is 9.91. The lowest BCUT2D eigenvalue weighted by Gasteiger charge is -2.25. The van der Waals surface area contributed by atoms with Crippen LogP contribution in [0.3, 0.4) is 0 Å². The molecule has 0 aromatic heterocycles. The second-order valence-corrected chi connectivity index (χ2v) is 6.20. The number of amides is 1. The summed E-state index contributed by atoms with van der Waals surface area (Å²) in [6.07, 6.45) is 3.88. The van der Waals surface area contributed by atoms with Crippen molar-refractivity contribution in [2.24, 2.45) is 27.2 Å². The maximum Gasteiger partial charge on any atom is 0.270 e. The smallest absolute Gasteiger partial charge is 0.270 e. The Hall–Kier alpha value is -2.74. The van der Waals surface area contributed by atoms with Crippen molar-refractivity contribution in [3.05, 3.63) is 29.8 Å². The number of hydrogen-bond acceptors (Lipinski definition) is 4. The summed E-state index contributed by atoms with van der Waals surface area (Å²) in [5.74, 6) is -0.965. The number of nitrogens with two attached hydrogens (primary N) is 3. The van der Waals surface area contributed by atoms with Gasteiger partial charge in [-0.2, -0.15) is 4.99 Å². The summed E-state index contributed by atoms with van der Waals surface area (Å²) in [4.78, 5) is 19.9. The highest BCUT2D eigenvalue weighted by Gasteiger charge is 2.21. The largest absolute Gasteiger partial charge is 0.368 e. The molecule has 2 atom stereocenters. The van der Waals surface area contributed by atoms with Crippen LogP contribution in [0.2, 0.25) is 0 Å². The maximum atomic E-state index is 11.4. The van der Waals surface area contributed by atoms with Crippen molar-refractivity contribution in [3.8, 4) is 0 Å². The SMILES string of the molecule is Cc1cccc(NC(=NC(N)=N[C@@H]2CCCC[C@@H]2N)C(=N)C(N)=O)c1. The van der Waals surface area contributed by atoms with Gasteiger partial charge in [-0.25, -0.2) is 4.99 Å². The van der Waals surface area contributed by atoms with Crippen molar-refractivity contribution in [1.29, 1.82) is 5.41 Å². The van der Waals surface area contributed by atoms with Gasteiger partial charge in [0.15, 0.2) is 11.5 Å². The number of aliphatic imine (C=N–C) groups is 2. The number of hydrogen-bond donors (Lipinski definition) is 5. The molecule has 134 valence electrons. The average Bonchev–Trinajstić information content (AvgIpc) is 2.55. The number of aryl methyl sites for hydroxylation is 1. The van der Waals surface area contributed by atoms with Gasteiger partial charge in [0.1, 0.15) is 0 Å². The number of amidine groups is 1. The highest BCUT2D eigenvalue weighted by Crippen LogP contribution is 2.19. The van der Waals surface area contributed by atoms with E-state index in [-0.39, 0.29) is 23.9 Å². The van der Waals surface area contributed by atoms with Gasteiger partial charge in [0.05, 0.1) is 6.04 Å². The van der Waals surface area contributed by atoms with E-state index in [1.165, 1.54) is 0 Å². The summed E-state index contributed by atoms with van der Waals surface area (Å²) in [5.41, 5.74) is 18.4. The van der Waals surface area contributed by atoms with Gasteiger partial charge in [0.25, 0.3) is 5.91 Å². The van der Waals surface area contributed by atoms with E-state index in [1.54, 1.807) is 6.07 Å². The van der Waals surface area contributed by atoms with Crippen molar-refractivity contribution >= 4 is 29.1 Å². The minimum Gasteiger partial charge on any atom is -0.368 e. The first-order valence-electron chi connectivity index (χ1n) is 8.27. The normalized spacial score (nSPS) is 21.7. The van der Waals surface area contributed by atoms with Crippen molar-refractivity contribution in [3.63, 3.8) is 0 Å². The van der Waals surface area contributed by atoms with Crippen LogP contribution in [0.1, 0.15) is 31.2 Å². The maximum absolute atomic E-state index is 11.4. The molecule has 1 aliphatic carbocycles. The zero-order valence-electron chi connectivity index (χ0n) is 14.3. The zero-order chi connectivity index (χ0) is 18.4. The molecular weight excluding hydrogens is 318 g/mol. The molecule has 1 amide bonds. The topological polar surface area (TPSA) is 156 Å². The van der Waals surface area contributed by atoms with E-state index in [9.17, 15) is 4.79 Å². The molecule has 8 nitrogen and oxygen atoms in total. The van der Waals surface area contributed by atoms with E-state index < -0.39 is 11.6 Å². The lowest BCUT2D eigenvalue weighted by Crippen LogP contribution is -2.38. The minimum atomic E-state index is -0.902. The molecule has 2 rings (SSSR count). The molecule has 1 aliphatic rings. The molecule has 0 heterocycles. The molecule has 0 saturated heterocycles. The summed E-state index contributed by atoms with van der Waals surface area (Å²) in [6, 6.07) is 7.28. The summed E-state index contributed by atoms with van der Waals surface area (Å²) in [7, 11) is 0. The van der Waals surface area contributed by atoms with Crippen molar-refractivity contribution in [2.75, 3.05) is 5.32 Å². The minimum absolute atomic E-state index is 0.0245. The summed E-state index contributed by atoms with van der Waals surface area (Å²) < 4.78 is 0. The van der Waals surface area contributed by atoms with Crippen molar-refractivity contribution < 1.29 is 4.79 Å². The molecule has 1 saturated carbocycles. The van der Waals surface area contributed by atoms with Gasteiger partial charge in [0, 0.05) is 11.7 Å². The van der Waals surface area contributed by atoms with Gasteiger partial charge in [-0.3, -0.25) is 10.2 Å². The van der Waals surface area contributed by atoms with Crippen LogP contribution in [0, 0.1) is 12.3 Å². The van der Waals surface area contributed by atoms with E-state index in [0.717, 1.165) is 31.2 Å². The zero-order valence-corrected chi connectivity index (χ0v) is 14.3. The molecule has 1 aromatic carbocycles. The standard InChI is InChI=1S/C17H25N7O/c1-10-5-4-6-11(9-10)22-16(14(19)15(20)25)24-17(21)23-13-8-3-2-7-12(13)18/h4-6,9,12-13,19H,2-3,7-8,18H2,1H3,(H2,20,25)(H3,21,22,23,24)/t12-,13+/m0/s1. The number of anilines is 1. The predicted molar refractivity (Wildman–Crippen MR) is 101 cm³/mol. The first kappa shape index (κ1) is 18.6. The summed E-state index contributed by atoms with van der Waals surface area (Å²) >= 11 is 0. The van der Waals surface area contributed by atoms with Crippen LogP contribution in [-0.2, 0) is 4.79 Å². The Labute approximate surface area is 147 Å². The molecular formula is C17H25N7O. The number of carbonyl (C=O) groups is 1. The van der Waals surface area contributed by atoms with Gasteiger partial charge in [-0.15, -0.1) is 0 Å². The molecule has 0 bridgehead atoms. The van der Waals surface area contributed by atoms with Crippen LogP contribution in [-0.4, -0.2) is 35.5 Å². The number of nitrogens with zero attached hydrogens (tertiary/aromatic N) is 2. The molecule has 0 radical (unpaired) electrons. The van der Waals surface area contributed by atoms with Crippen LogP contribution in [0.25, 0.3) is 0 Å². The van der Waals surface area contributed by atoms with Gasteiger partial charge < -0.3 is 22.5 Å². The van der Waals surface area contributed by atoms with Crippen LogP contribution < -0.4 is 22.5 Å². The fourth-order valence-corrected chi connectivity index (χ4v) is 2.74. The molecule has 0 unspecified atom stereocenters. The van der Waals surface area contributed by atoms with Crippen LogP contribution in [0.15, 0.2) is 34.3 Å². The molecule has 8 N–H and O–H groups in total. The number of primary amides is 1. The van der Waals surface area contributed by atoms with Crippen LogP contribution in [0.5, 0.6) is 0 Å². The number of guanidine groups is 1. The third kappa shape index (κ3) is 5.39. The molecule has 1 fully saturated rings. The van der Waals surface area contributed by atoms with Crippen molar-refractivity contribution in [1.82, 2.24) is 0 Å². The lowest BCUT2D eigenvalue weighted by molar-refractivity contribution is -0.111. The fraction of sp³-hybridized carbons (Fsp3) is 0.412. The second-order valence-electron chi connectivity index (χ2n) is 6.20. The second kappa shape index (κ2) is 8.39. The summed E-state index contributed by atoms with van der Waals surface area (Å²) in [5, 5.41) is 10.8. The number of rotatable bonds is 4. The molecule has 0 aliphatic heterocycles. The Morgan fingerprint density at radius 1 is 1.28 bits per heavy atom. The number of carbonyl (C=O) groups excluding carboxylic acids is 1. The van der Waals surface area contributed by atoms with Gasteiger partial charge >= 0.3 is 0 Å². The molecule has 25 heavy (non-hydrogen) atoms. The molecule has 0 spiro atoms. The van der Waals surface area contributed by atoms with E-state index in [2.05, 4.69) is 15.3 Å². The Bertz CT molecular complexity index is 711. The van der Waals surface area contributed by atoms with E-state index >= 15 is 0 Å². The third-order valence-electron chi connectivity index (χ3n) is 4.07. The Kier molecular flexibility index (Phi) is 6.24. The Balaban J connectivity index is 2.25. The van der Waals surface area contributed by atoms with Crippen LogP contribution in [0.4, 0.5) is 5.69 Å². The third-order valence-corrected chi connectivity index (χ3v) is 4.07. The van der Waals surface area contributed by atoms with Gasteiger partial charge in [-0.1, -0.05) is 25.0 Å². The van der Waals surface area contributed by atoms with E-state index in [1.807, 2.05) is 25.1 Å². The number of benzene rings is 1. The Morgan fingerprint density at radius 2 is 2.00 bits per heavy atom. The highest BCUT2D eigenvalue weighted by molar-refractivity contribution is 6.67. The van der Waals surface area contributed by atoms with E-state index in [4.69, 9.17) is 22.6 Å². The van der Waals surface area contributed by atoms with Crippen LogP contribution >= 0.6 is 0 Å². The molecule has 8 heteroatoms.